The fourth-order valence-electron chi connectivity index (χ4n) is 0.502. The predicted molar refractivity (Wildman–Crippen MR) is 61.8 cm³/mol. The minimum atomic E-state index is 0.302. The van der Waals surface area contributed by atoms with Crippen LogP contribution in [0.3, 0.4) is 0 Å². The van der Waals surface area contributed by atoms with Crippen LogP contribution < -0.4 is 0 Å². The van der Waals surface area contributed by atoms with E-state index in [-0.39, 0.29) is 0 Å². The summed E-state index contributed by atoms with van der Waals surface area (Å²) >= 11 is 26.3. The quantitative estimate of drug-likeness (QED) is 0.307. The molecule has 1 nitrogen and oxygen atoms in total. The molecule has 0 atom stereocenters. The van der Waals surface area contributed by atoms with Gasteiger partial charge in [0.1, 0.15) is 0 Å². The molecule has 1 aromatic rings. The first kappa shape index (κ1) is 13.2. The molecule has 0 radical (unpaired) electrons. The van der Waals surface area contributed by atoms with Gasteiger partial charge >= 0.3 is 0 Å². The molecule has 0 aliphatic carbocycles. The van der Waals surface area contributed by atoms with Crippen molar-refractivity contribution in [1.82, 2.24) is 0 Å². The number of nitrogens with one attached hydrogen (secondary N) is 1. The van der Waals surface area contributed by atoms with Gasteiger partial charge < -0.3 is 0 Å². The topological polar surface area (TPSA) is 23.9 Å². The van der Waals surface area contributed by atoms with E-state index in [0.29, 0.717) is 20.1 Å². The molecule has 0 spiro atoms. The highest BCUT2D eigenvalue weighted by Gasteiger charge is 2.05. The summed E-state index contributed by atoms with van der Waals surface area (Å²) in [6, 6.07) is 3.19. The molecule has 1 N–H and O–H groups in total. The Bertz CT molecular complexity index is 307. The van der Waals surface area contributed by atoms with E-state index in [2.05, 4.69) is 12.2 Å². The van der Waals surface area contributed by atoms with Gasteiger partial charge in [0.15, 0.2) is 0 Å². The first-order valence-corrected chi connectivity index (χ1v) is 4.79. The van der Waals surface area contributed by atoms with E-state index in [0.717, 1.165) is 0 Å². The molecule has 13 heavy (non-hydrogen) atoms. The lowest BCUT2D eigenvalue weighted by Crippen LogP contribution is -1.71. The Balaban J connectivity index is 0.000000424. The minimum absolute atomic E-state index is 0.302. The Hall–Kier alpha value is 0.180. The molecule has 1 aromatic carbocycles. The van der Waals surface area contributed by atoms with Gasteiger partial charge in [-0.05, 0) is 24.4 Å². The van der Waals surface area contributed by atoms with Crippen molar-refractivity contribution in [1.29, 1.82) is 5.41 Å². The molecule has 0 amide bonds. The summed E-state index contributed by atoms with van der Waals surface area (Å²) in [4.78, 5) is 0. The lowest BCUT2D eigenvalue weighted by atomic mass is 10.4. The molecule has 1 rings (SSSR count). The minimum Gasteiger partial charge on any atom is -0.248 e. The Kier molecular flexibility index (Phi) is 6.70. The largest absolute Gasteiger partial charge is 0.248 e. The van der Waals surface area contributed by atoms with Gasteiger partial charge in [-0.2, -0.15) is 0 Å². The standard InChI is InChI=1S/C6H2Cl4.CHNS/c7-3-1-2-4(8)6(10)5(3)9;2-1-3/h1-2H;2H. The highest BCUT2D eigenvalue weighted by molar-refractivity contribution is 7.78. The molecule has 70 valence electrons. The zero-order valence-electron chi connectivity index (χ0n) is 6.07. The number of isothiocyanates is 1. The average molecular weight is 275 g/mol. The van der Waals surface area contributed by atoms with Crippen molar-refractivity contribution in [3.63, 3.8) is 0 Å². The molecule has 0 fully saturated rings. The zero-order chi connectivity index (χ0) is 10.4. The third-order valence-electron chi connectivity index (χ3n) is 0.988. The molecule has 0 heterocycles. The predicted octanol–water partition coefficient (Wildman–Crippen LogP) is 4.97. The first-order chi connectivity index (χ1) is 6.04. The van der Waals surface area contributed by atoms with Crippen molar-refractivity contribution in [2.75, 3.05) is 0 Å². The lowest BCUT2D eigenvalue weighted by Gasteiger charge is -1.98. The van der Waals surface area contributed by atoms with E-state index in [1.165, 1.54) is 0 Å². The Morgan fingerprint density at radius 2 is 1.23 bits per heavy atom. The molecule has 0 saturated heterocycles. The third-order valence-corrected chi connectivity index (χ3v) is 2.69. The van der Waals surface area contributed by atoms with Crippen molar-refractivity contribution in [3.05, 3.63) is 32.2 Å². The van der Waals surface area contributed by atoms with E-state index in [4.69, 9.17) is 51.8 Å². The maximum Gasteiger partial charge on any atom is 0.0793 e. The molecule has 0 aromatic heterocycles. The van der Waals surface area contributed by atoms with Crippen LogP contribution in [0.25, 0.3) is 0 Å². The van der Waals surface area contributed by atoms with Crippen LogP contribution >= 0.6 is 58.6 Å². The molecular formula is C7H3Cl4NS. The van der Waals surface area contributed by atoms with Crippen molar-refractivity contribution >= 4 is 63.8 Å². The van der Waals surface area contributed by atoms with E-state index in [1.54, 1.807) is 17.3 Å². The van der Waals surface area contributed by atoms with Gasteiger partial charge in [0.2, 0.25) is 0 Å². The smallest absolute Gasteiger partial charge is 0.0793 e. The highest BCUT2D eigenvalue weighted by atomic mass is 35.5. The molecule has 0 saturated carbocycles. The Morgan fingerprint density at radius 3 is 1.46 bits per heavy atom. The normalized spacial score (nSPS) is 8.31. The molecule has 6 heteroatoms. The molecule has 0 unspecified atom stereocenters. The van der Waals surface area contributed by atoms with E-state index < -0.39 is 0 Å². The fraction of sp³-hybridized carbons (Fsp3) is 0. The summed E-state index contributed by atoms with van der Waals surface area (Å²) in [6.07, 6.45) is 0. The van der Waals surface area contributed by atoms with E-state index in [1.807, 2.05) is 0 Å². The van der Waals surface area contributed by atoms with E-state index >= 15 is 0 Å². The fourth-order valence-corrected chi connectivity index (χ4v) is 1.24. The third kappa shape index (κ3) is 4.28. The van der Waals surface area contributed by atoms with Crippen LogP contribution in [0.1, 0.15) is 0 Å². The van der Waals surface area contributed by atoms with Crippen LogP contribution in [0.5, 0.6) is 0 Å². The highest BCUT2D eigenvalue weighted by Crippen LogP contribution is 2.34. The van der Waals surface area contributed by atoms with Gasteiger partial charge in [-0.3, -0.25) is 0 Å². The van der Waals surface area contributed by atoms with Crippen LogP contribution in [0.15, 0.2) is 12.1 Å². The van der Waals surface area contributed by atoms with Crippen LogP contribution in [0.2, 0.25) is 20.1 Å². The molecule has 0 aliphatic heterocycles. The van der Waals surface area contributed by atoms with Crippen molar-refractivity contribution in [3.8, 4) is 0 Å². The number of rotatable bonds is 0. The lowest BCUT2D eigenvalue weighted by molar-refractivity contribution is 1.61. The second-order valence-electron chi connectivity index (χ2n) is 1.76. The number of hydrogen-bond donors (Lipinski definition) is 1. The number of benzene rings is 1. The van der Waals surface area contributed by atoms with Crippen molar-refractivity contribution < 1.29 is 0 Å². The summed E-state index contributed by atoms with van der Waals surface area (Å²) in [7, 11) is 0. The number of thiocarbonyl (C=S) groups is 1. The van der Waals surface area contributed by atoms with Gasteiger partial charge in [0.25, 0.3) is 0 Å². The summed E-state index contributed by atoms with van der Waals surface area (Å²) in [5.74, 6) is 0. The monoisotopic (exact) mass is 273 g/mol. The van der Waals surface area contributed by atoms with Gasteiger partial charge in [0, 0.05) is 0 Å². The Morgan fingerprint density at radius 1 is 1.00 bits per heavy atom. The maximum atomic E-state index is 5.77. The first-order valence-electron chi connectivity index (χ1n) is 2.87. The summed E-state index contributed by atoms with van der Waals surface area (Å²) < 4.78 is 0. The van der Waals surface area contributed by atoms with Crippen LogP contribution in [0.4, 0.5) is 0 Å². The van der Waals surface area contributed by atoms with Crippen LogP contribution in [0, 0.1) is 5.41 Å². The SMILES string of the molecule is Clc1ccc(Cl)c(Cl)c1Cl.N=C=S. The second-order valence-corrected chi connectivity index (χ2v) is 3.53. The van der Waals surface area contributed by atoms with Gasteiger partial charge in [0.05, 0.1) is 25.3 Å². The average Bonchev–Trinajstić information content (AvgIpc) is 2.10. The van der Waals surface area contributed by atoms with Gasteiger partial charge in [-0.1, -0.05) is 46.4 Å². The zero-order valence-corrected chi connectivity index (χ0v) is 9.92. The van der Waals surface area contributed by atoms with Gasteiger partial charge in [-0.15, -0.1) is 0 Å². The summed E-state index contributed by atoms with van der Waals surface area (Å²) in [5.41, 5.74) is 0. The Labute approximate surface area is 101 Å². The van der Waals surface area contributed by atoms with Gasteiger partial charge in [-0.25, -0.2) is 5.41 Å². The van der Waals surface area contributed by atoms with E-state index in [9.17, 15) is 0 Å². The summed E-state index contributed by atoms with van der Waals surface area (Å²) in [5, 5.41) is 8.79. The number of hydrogen-bond acceptors (Lipinski definition) is 2. The maximum absolute atomic E-state index is 5.77. The summed E-state index contributed by atoms with van der Waals surface area (Å²) in [6.45, 7) is 0. The number of halogens is 4. The van der Waals surface area contributed by atoms with Crippen molar-refractivity contribution in [2.45, 2.75) is 0 Å². The molecule has 0 aliphatic rings. The second kappa shape index (κ2) is 6.61. The van der Waals surface area contributed by atoms with Crippen LogP contribution in [-0.4, -0.2) is 5.16 Å². The molecule has 0 bridgehead atoms. The van der Waals surface area contributed by atoms with Crippen LogP contribution in [-0.2, 0) is 0 Å². The molecular weight excluding hydrogens is 272 g/mol. The van der Waals surface area contributed by atoms with Crippen molar-refractivity contribution in [2.24, 2.45) is 0 Å².